The first kappa shape index (κ1) is 21.4. The summed E-state index contributed by atoms with van der Waals surface area (Å²) in [4.78, 5) is 25.8. The van der Waals surface area contributed by atoms with Crippen LogP contribution in [0.3, 0.4) is 0 Å². The molecule has 0 heterocycles. The molecule has 2 N–H and O–H groups in total. The Morgan fingerprint density at radius 1 is 1.00 bits per heavy atom. The van der Waals surface area contributed by atoms with E-state index in [-0.39, 0.29) is 11.8 Å². The van der Waals surface area contributed by atoms with E-state index in [0.717, 1.165) is 11.1 Å². The third kappa shape index (κ3) is 5.61. The Kier molecular flexibility index (Phi) is 7.09. The summed E-state index contributed by atoms with van der Waals surface area (Å²) in [5, 5.41) is 6.27. The summed E-state index contributed by atoms with van der Waals surface area (Å²) in [7, 11) is 1.55. The van der Waals surface area contributed by atoms with Crippen LogP contribution in [-0.2, 0) is 11.2 Å². The van der Waals surface area contributed by atoms with Crippen LogP contribution in [0.25, 0.3) is 0 Å². The molecule has 0 aliphatic carbocycles. The predicted molar refractivity (Wildman–Crippen MR) is 119 cm³/mol. The quantitative estimate of drug-likeness (QED) is 0.583. The molecule has 0 spiro atoms. The fraction of sp³-hybridized carbons (Fsp3) is 0.167. The van der Waals surface area contributed by atoms with Gasteiger partial charge in [-0.25, -0.2) is 0 Å². The lowest BCUT2D eigenvalue weighted by atomic mass is 10.0. The molecule has 0 fully saturated rings. The van der Waals surface area contributed by atoms with E-state index >= 15 is 0 Å². The monoisotopic (exact) mass is 422 g/mol. The Balaban J connectivity index is 1.83. The van der Waals surface area contributed by atoms with E-state index in [9.17, 15) is 9.59 Å². The van der Waals surface area contributed by atoms with Crippen molar-refractivity contribution in [2.24, 2.45) is 0 Å². The summed E-state index contributed by atoms with van der Waals surface area (Å²) in [6.07, 6.45) is 0.347. The second kappa shape index (κ2) is 9.94. The number of hydrogen-bond donors (Lipinski definition) is 2. The number of benzene rings is 3. The van der Waals surface area contributed by atoms with E-state index in [1.165, 1.54) is 0 Å². The molecule has 0 radical (unpaired) electrons. The minimum absolute atomic E-state index is 0.329. The Hall–Kier alpha value is -3.31. The number of rotatable bonds is 7. The number of nitrogens with one attached hydrogen (secondary N) is 2. The largest absolute Gasteiger partial charge is 0.495 e. The standard InChI is InChI=1S/C24H23ClN2O3/c1-16-8-13-22(30-2)20(14-16)26-24(29)21(15-17-6-4-3-5-7-17)27-23(28)18-9-11-19(25)12-10-18/h3-14,21H,15H2,1-2H3,(H,26,29)(H,27,28). The van der Waals surface area contributed by atoms with Crippen molar-refractivity contribution in [1.82, 2.24) is 5.32 Å². The third-order valence-electron chi connectivity index (χ3n) is 4.62. The highest BCUT2D eigenvalue weighted by Gasteiger charge is 2.23. The van der Waals surface area contributed by atoms with Gasteiger partial charge in [0.2, 0.25) is 5.91 Å². The van der Waals surface area contributed by atoms with Gasteiger partial charge >= 0.3 is 0 Å². The zero-order valence-corrected chi connectivity index (χ0v) is 17.6. The summed E-state index contributed by atoms with van der Waals surface area (Å²) in [6, 6.07) is 20.8. The molecule has 0 aliphatic heterocycles. The number of ether oxygens (including phenoxy) is 1. The van der Waals surface area contributed by atoms with Gasteiger partial charge in [0, 0.05) is 17.0 Å². The zero-order valence-electron chi connectivity index (χ0n) is 16.8. The van der Waals surface area contributed by atoms with E-state index in [2.05, 4.69) is 10.6 Å². The van der Waals surface area contributed by atoms with E-state index in [1.54, 1.807) is 37.4 Å². The predicted octanol–water partition coefficient (Wildman–Crippen LogP) is 4.64. The molecule has 6 heteroatoms. The van der Waals surface area contributed by atoms with E-state index in [4.69, 9.17) is 16.3 Å². The maximum Gasteiger partial charge on any atom is 0.251 e. The van der Waals surface area contributed by atoms with Crippen LogP contribution in [0.1, 0.15) is 21.5 Å². The number of methoxy groups -OCH3 is 1. The SMILES string of the molecule is COc1ccc(C)cc1NC(=O)C(Cc1ccccc1)NC(=O)c1ccc(Cl)cc1. The Morgan fingerprint density at radius 2 is 1.70 bits per heavy atom. The second-order valence-corrected chi connectivity index (χ2v) is 7.35. The molecule has 154 valence electrons. The average molecular weight is 423 g/mol. The van der Waals surface area contributed by atoms with Crippen molar-refractivity contribution in [2.75, 3.05) is 12.4 Å². The fourth-order valence-electron chi connectivity index (χ4n) is 3.04. The van der Waals surface area contributed by atoms with Crippen molar-refractivity contribution < 1.29 is 14.3 Å². The van der Waals surface area contributed by atoms with Crippen molar-refractivity contribution in [3.8, 4) is 5.75 Å². The summed E-state index contributed by atoms with van der Waals surface area (Å²) in [5.41, 5.74) is 2.90. The molecule has 0 bridgehead atoms. The van der Waals surface area contributed by atoms with Gasteiger partial charge in [0.25, 0.3) is 5.91 Å². The topological polar surface area (TPSA) is 67.4 Å². The van der Waals surface area contributed by atoms with Crippen LogP contribution in [0.5, 0.6) is 5.75 Å². The number of halogens is 1. The summed E-state index contributed by atoms with van der Waals surface area (Å²) < 4.78 is 5.35. The van der Waals surface area contributed by atoms with Crippen LogP contribution in [0.15, 0.2) is 72.8 Å². The smallest absolute Gasteiger partial charge is 0.251 e. The van der Waals surface area contributed by atoms with Gasteiger partial charge in [-0.1, -0.05) is 48.0 Å². The maximum atomic E-state index is 13.1. The molecular formula is C24H23ClN2O3. The second-order valence-electron chi connectivity index (χ2n) is 6.92. The number of anilines is 1. The summed E-state index contributed by atoms with van der Waals surface area (Å²) >= 11 is 5.90. The van der Waals surface area contributed by atoms with Crippen LogP contribution < -0.4 is 15.4 Å². The first-order chi connectivity index (χ1) is 14.5. The van der Waals surface area contributed by atoms with Gasteiger partial charge in [0.15, 0.2) is 0 Å². The zero-order chi connectivity index (χ0) is 21.5. The van der Waals surface area contributed by atoms with Gasteiger partial charge < -0.3 is 15.4 Å². The highest BCUT2D eigenvalue weighted by molar-refractivity contribution is 6.30. The Bertz CT molecular complexity index is 1020. The maximum absolute atomic E-state index is 13.1. The fourth-order valence-corrected chi connectivity index (χ4v) is 3.17. The highest BCUT2D eigenvalue weighted by atomic mass is 35.5. The number of aryl methyl sites for hydroxylation is 1. The molecule has 30 heavy (non-hydrogen) atoms. The number of carbonyl (C=O) groups excluding carboxylic acids is 2. The Labute approximate surface area is 181 Å². The molecule has 2 amide bonds. The van der Waals surface area contributed by atoms with E-state index in [1.807, 2.05) is 49.4 Å². The third-order valence-corrected chi connectivity index (χ3v) is 4.88. The minimum atomic E-state index is -0.777. The molecule has 1 atom stereocenters. The highest BCUT2D eigenvalue weighted by Crippen LogP contribution is 2.25. The first-order valence-corrected chi connectivity index (χ1v) is 9.90. The van der Waals surface area contributed by atoms with Gasteiger partial charge in [0.1, 0.15) is 11.8 Å². The van der Waals surface area contributed by atoms with Crippen LogP contribution in [0, 0.1) is 6.92 Å². The molecule has 0 aromatic heterocycles. The lowest BCUT2D eigenvalue weighted by Crippen LogP contribution is -2.45. The molecule has 3 aromatic carbocycles. The van der Waals surface area contributed by atoms with Crippen LogP contribution in [0.4, 0.5) is 5.69 Å². The normalized spacial score (nSPS) is 11.4. The van der Waals surface area contributed by atoms with Gasteiger partial charge in [-0.05, 0) is 54.4 Å². The molecule has 3 rings (SSSR count). The summed E-state index contributed by atoms with van der Waals surface area (Å²) in [6.45, 7) is 1.93. The first-order valence-electron chi connectivity index (χ1n) is 9.52. The Morgan fingerprint density at radius 3 is 2.37 bits per heavy atom. The van der Waals surface area contributed by atoms with Crippen LogP contribution >= 0.6 is 11.6 Å². The molecule has 0 saturated heterocycles. The van der Waals surface area contributed by atoms with Crippen molar-refractivity contribution in [3.63, 3.8) is 0 Å². The molecule has 5 nitrogen and oxygen atoms in total. The summed E-state index contributed by atoms with van der Waals surface area (Å²) in [5.74, 6) is -0.125. The molecule has 0 saturated carbocycles. The van der Waals surface area contributed by atoms with Gasteiger partial charge in [0.05, 0.1) is 12.8 Å². The van der Waals surface area contributed by atoms with E-state index in [0.29, 0.717) is 28.4 Å². The number of carbonyl (C=O) groups is 2. The van der Waals surface area contributed by atoms with Gasteiger partial charge in [-0.15, -0.1) is 0 Å². The molecule has 0 aliphatic rings. The lowest BCUT2D eigenvalue weighted by molar-refractivity contribution is -0.118. The lowest BCUT2D eigenvalue weighted by Gasteiger charge is -2.20. The van der Waals surface area contributed by atoms with Crippen LogP contribution in [0.2, 0.25) is 5.02 Å². The van der Waals surface area contributed by atoms with Crippen LogP contribution in [-0.4, -0.2) is 25.0 Å². The molecule has 1 unspecified atom stereocenters. The van der Waals surface area contributed by atoms with Crippen molar-refractivity contribution >= 4 is 29.1 Å². The van der Waals surface area contributed by atoms with Crippen molar-refractivity contribution in [2.45, 2.75) is 19.4 Å². The molecule has 3 aromatic rings. The van der Waals surface area contributed by atoms with Gasteiger partial charge in [-0.3, -0.25) is 9.59 Å². The van der Waals surface area contributed by atoms with Crippen molar-refractivity contribution in [3.05, 3.63) is 94.5 Å². The average Bonchev–Trinajstić information content (AvgIpc) is 2.74. The minimum Gasteiger partial charge on any atom is -0.495 e. The number of amides is 2. The van der Waals surface area contributed by atoms with E-state index < -0.39 is 6.04 Å². The van der Waals surface area contributed by atoms with Crippen molar-refractivity contribution in [1.29, 1.82) is 0 Å². The van der Waals surface area contributed by atoms with Gasteiger partial charge in [-0.2, -0.15) is 0 Å². The molecular weight excluding hydrogens is 400 g/mol. The number of hydrogen-bond acceptors (Lipinski definition) is 3.